The number of benzene rings is 1. The van der Waals surface area contributed by atoms with E-state index in [0.29, 0.717) is 31.4 Å². The minimum Gasteiger partial charge on any atom is -0.444 e. The third kappa shape index (κ3) is 10.2. The average Bonchev–Trinajstić information content (AvgIpc) is 2.61. The maximum absolute atomic E-state index is 13.6. The predicted octanol–water partition coefficient (Wildman–Crippen LogP) is 2.30. The molecule has 0 spiro atoms. The van der Waals surface area contributed by atoms with Gasteiger partial charge in [0.25, 0.3) is 5.91 Å². The largest absolute Gasteiger partial charge is 0.444 e. The fourth-order valence-electron chi connectivity index (χ4n) is 2.39. The third-order valence-corrected chi connectivity index (χ3v) is 5.27. The number of ether oxygens (including phenoxy) is 1. The van der Waals surface area contributed by atoms with E-state index in [0.717, 1.165) is 6.07 Å². The van der Waals surface area contributed by atoms with Gasteiger partial charge in [0.2, 0.25) is 10.0 Å². The Kier molecular flexibility index (Phi) is 9.51. The number of halogens is 1. The highest BCUT2D eigenvalue weighted by molar-refractivity contribution is 7.89. The molecule has 0 aliphatic rings. The van der Waals surface area contributed by atoms with Gasteiger partial charge in [0.1, 0.15) is 11.4 Å². The monoisotopic (exact) mass is 431 g/mol. The number of alkyl carbamates (subject to hydrolysis) is 1. The van der Waals surface area contributed by atoms with Crippen molar-refractivity contribution >= 4 is 22.0 Å². The lowest BCUT2D eigenvalue weighted by molar-refractivity contribution is 0.0522. The van der Waals surface area contributed by atoms with Gasteiger partial charge < -0.3 is 15.4 Å². The SMILES string of the molecule is CNS(=O)(=O)CCCCCNC(=O)c1cc(F)ccc1CNC(=O)OC(C)(C)C. The second-order valence-corrected chi connectivity index (χ2v) is 9.54. The molecule has 0 saturated carbocycles. The lowest BCUT2D eigenvalue weighted by atomic mass is 10.1. The first-order valence-corrected chi connectivity index (χ1v) is 11.0. The van der Waals surface area contributed by atoms with E-state index in [1.807, 2.05) is 0 Å². The Bertz CT molecular complexity index is 807. The van der Waals surface area contributed by atoms with Gasteiger partial charge in [-0.25, -0.2) is 22.3 Å². The summed E-state index contributed by atoms with van der Waals surface area (Å²) in [5.41, 5.74) is -0.0757. The summed E-state index contributed by atoms with van der Waals surface area (Å²) in [4.78, 5) is 24.2. The molecule has 1 aromatic rings. The first kappa shape index (κ1) is 24.8. The van der Waals surface area contributed by atoms with Gasteiger partial charge in [0, 0.05) is 18.7 Å². The summed E-state index contributed by atoms with van der Waals surface area (Å²) in [5.74, 6) is -0.997. The Hall–Kier alpha value is -2.20. The molecule has 0 bridgehead atoms. The molecule has 3 N–H and O–H groups in total. The molecule has 0 heterocycles. The van der Waals surface area contributed by atoms with Crippen molar-refractivity contribution in [2.45, 2.75) is 52.2 Å². The summed E-state index contributed by atoms with van der Waals surface area (Å²) in [6.45, 7) is 5.54. The van der Waals surface area contributed by atoms with Gasteiger partial charge in [-0.1, -0.05) is 12.5 Å². The van der Waals surface area contributed by atoms with Crippen molar-refractivity contribution in [3.05, 3.63) is 35.1 Å². The number of carbonyl (C=O) groups is 2. The quantitative estimate of drug-likeness (QED) is 0.492. The normalized spacial score (nSPS) is 11.8. The lowest BCUT2D eigenvalue weighted by Gasteiger charge is -2.20. The highest BCUT2D eigenvalue weighted by atomic mass is 32.2. The van der Waals surface area contributed by atoms with E-state index in [4.69, 9.17) is 4.74 Å². The summed E-state index contributed by atoms with van der Waals surface area (Å²) < 4.78 is 43.6. The number of hydrogen-bond acceptors (Lipinski definition) is 5. The van der Waals surface area contributed by atoms with Crippen LogP contribution in [0, 0.1) is 5.82 Å². The van der Waals surface area contributed by atoms with Crippen LogP contribution in [0.5, 0.6) is 0 Å². The molecule has 0 unspecified atom stereocenters. The standard InChI is InChI=1S/C19H30FN3O5S/c1-19(2,3)28-18(25)23-13-14-8-9-15(20)12-16(14)17(24)22-10-6-5-7-11-29(26,27)21-4/h8-9,12,21H,5-7,10-11,13H2,1-4H3,(H,22,24)(H,23,25). The minimum absolute atomic E-state index is 0.0137. The Morgan fingerprint density at radius 3 is 2.41 bits per heavy atom. The Morgan fingerprint density at radius 1 is 1.10 bits per heavy atom. The summed E-state index contributed by atoms with van der Waals surface area (Å²) in [5, 5.41) is 5.24. The van der Waals surface area contributed by atoms with Crippen molar-refractivity contribution < 1.29 is 27.1 Å². The summed E-state index contributed by atoms with van der Waals surface area (Å²) in [6, 6.07) is 3.76. The van der Waals surface area contributed by atoms with Gasteiger partial charge >= 0.3 is 6.09 Å². The number of carbonyl (C=O) groups excluding carboxylic acids is 2. The first-order chi connectivity index (χ1) is 13.4. The zero-order valence-corrected chi connectivity index (χ0v) is 18.1. The maximum Gasteiger partial charge on any atom is 0.407 e. The van der Waals surface area contributed by atoms with Crippen LogP contribution in [0.15, 0.2) is 18.2 Å². The van der Waals surface area contributed by atoms with E-state index in [1.54, 1.807) is 20.8 Å². The number of sulfonamides is 1. The van der Waals surface area contributed by atoms with Gasteiger partial charge in [-0.3, -0.25) is 4.79 Å². The summed E-state index contributed by atoms with van der Waals surface area (Å²) in [7, 11) is -1.86. The summed E-state index contributed by atoms with van der Waals surface area (Å²) >= 11 is 0. The molecule has 164 valence electrons. The zero-order chi connectivity index (χ0) is 22.1. The topological polar surface area (TPSA) is 114 Å². The number of rotatable bonds is 10. The number of nitrogens with one attached hydrogen (secondary N) is 3. The van der Waals surface area contributed by atoms with Crippen LogP contribution >= 0.6 is 0 Å². The lowest BCUT2D eigenvalue weighted by Crippen LogP contribution is -2.33. The minimum atomic E-state index is -3.23. The third-order valence-electron chi connectivity index (χ3n) is 3.83. The number of hydrogen-bond donors (Lipinski definition) is 3. The maximum atomic E-state index is 13.6. The molecular formula is C19H30FN3O5S. The molecule has 0 radical (unpaired) electrons. The first-order valence-electron chi connectivity index (χ1n) is 9.38. The van der Waals surface area contributed by atoms with E-state index in [1.165, 1.54) is 19.2 Å². The van der Waals surface area contributed by atoms with Gasteiger partial charge in [0.15, 0.2) is 0 Å². The molecule has 1 rings (SSSR count). The molecule has 8 nitrogen and oxygen atoms in total. The van der Waals surface area contributed by atoms with Crippen molar-refractivity contribution in [2.75, 3.05) is 19.3 Å². The molecule has 0 fully saturated rings. The molecule has 0 aliphatic carbocycles. The van der Waals surface area contributed by atoms with E-state index in [2.05, 4.69) is 15.4 Å². The van der Waals surface area contributed by atoms with Crippen LogP contribution in [0.25, 0.3) is 0 Å². The van der Waals surface area contributed by atoms with Crippen LogP contribution in [0.4, 0.5) is 9.18 Å². The molecular weight excluding hydrogens is 401 g/mol. The number of amides is 2. The van der Waals surface area contributed by atoms with E-state index in [-0.39, 0.29) is 17.9 Å². The highest BCUT2D eigenvalue weighted by Gasteiger charge is 2.17. The van der Waals surface area contributed by atoms with Crippen molar-refractivity contribution in [3.8, 4) is 0 Å². The highest BCUT2D eigenvalue weighted by Crippen LogP contribution is 2.13. The molecule has 0 atom stereocenters. The Morgan fingerprint density at radius 2 is 1.79 bits per heavy atom. The van der Waals surface area contributed by atoms with Crippen LogP contribution in [0.2, 0.25) is 0 Å². The van der Waals surface area contributed by atoms with Gasteiger partial charge in [0.05, 0.1) is 5.75 Å². The van der Waals surface area contributed by atoms with E-state index < -0.39 is 33.4 Å². The molecule has 0 saturated heterocycles. The van der Waals surface area contributed by atoms with Crippen molar-refractivity contribution in [1.29, 1.82) is 0 Å². The van der Waals surface area contributed by atoms with Crippen molar-refractivity contribution in [3.63, 3.8) is 0 Å². The fraction of sp³-hybridized carbons (Fsp3) is 0.579. The van der Waals surface area contributed by atoms with Gasteiger partial charge in [-0.2, -0.15) is 0 Å². The number of unbranched alkanes of at least 4 members (excludes halogenated alkanes) is 2. The average molecular weight is 432 g/mol. The summed E-state index contributed by atoms with van der Waals surface area (Å²) in [6.07, 6.45) is 1.05. The van der Waals surface area contributed by atoms with Gasteiger partial charge in [-0.15, -0.1) is 0 Å². The van der Waals surface area contributed by atoms with Crippen molar-refractivity contribution in [2.24, 2.45) is 0 Å². The van der Waals surface area contributed by atoms with Crippen LogP contribution in [0.3, 0.4) is 0 Å². The Balaban J connectivity index is 2.55. The molecule has 10 heteroatoms. The molecule has 2 amide bonds. The molecule has 1 aromatic carbocycles. The van der Waals surface area contributed by atoms with Crippen LogP contribution < -0.4 is 15.4 Å². The predicted molar refractivity (Wildman–Crippen MR) is 109 cm³/mol. The molecule has 0 aliphatic heterocycles. The van der Waals surface area contributed by atoms with Crippen molar-refractivity contribution in [1.82, 2.24) is 15.4 Å². The van der Waals surface area contributed by atoms with E-state index in [9.17, 15) is 22.4 Å². The second-order valence-electron chi connectivity index (χ2n) is 7.50. The van der Waals surface area contributed by atoms with E-state index >= 15 is 0 Å². The second kappa shape index (κ2) is 11.1. The Labute approximate surface area is 171 Å². The van der Waals surface area contributed by atoms with Gasteiger partial charge in [-0.05, 0) is 58.4 Å². The fourth-order valence-corrected chi connectivity index (χ4v) is 3.18. The molecule has 29 heavy (non-hydrogen) atoms. The zero-order valence-electron chi connectivity index (χ0n) is 17.3. The van der Waals surface area contributed by atoms with Crippen LogP contribution in [-0.2, 0) is 21.3 Å². The van der Waals surface area contributed by atoms with Crippen LogP contribution in [-0.4, -0.2) is 45.4 Å². The smallest absolute Gasteiger partial charge is 0.407 e. The van der Waals surface area contributed by atoms with Crippen LogP contribution in [0.1, 0.15) is 56.0 Å². The molecule has 0 aromatic heterocycles.